The van der Waals surface area contributed by atoms with Crippen molar-refractivity contribution in [3.63, 3.8) is 0 Å². The molecule has 0 saturated heterocycles. The predicted molar refractivity (Wildman–Crippen MR) is 123 cm³/mol. The van der Waals surface area contributed by atoms with Crippen molar-refractivity contribution < 1.29 is 18.8 Å². The molecular weight excluding hydrogens is 426 g/mol. The molecule has 4 aromatic rings. The summed E-state index contributed by atoms with van der Waals surface area (Å²) in [4.78, 5) is 13.2. The Morgan fingerprint density at radius 1 is 0.969 bits per heavy atom. The van der Waals surface area contributed by atoms with Gasteiger partial charge in [0.05, 0.1) is 25.9 Å². The van der Waals surface area contributed by atoms with Gasteiger partial charge in [-0.3, -0.25) is 4.79 Å². The van der Waals surface area contributed by atoms with Crippen LogP contribution in [0.25, 0.3) is 11.1 Å². The maximum absolute atomic E-state index is 13.2. The quantitative estimate of drug-likeness (QED) is 0.298. The van der Waals surface area contributed by atoms with Crippen LogP contribution in [0.15, 0.2) is 77.3 Å². The molecular formula is C26H22ClNO4. The predicted octanol–water partition coefficient (Wildman–Crippen LogP) is 6.26. The number of aryl methyl sites for hydroxylation is 1. The van der Waals surface area contributed by atoms with Gasteiger partial charge in [0.1, 0.15) is 17.2 Å². The van der Waals surface area contributed by atoms with E-state index in [1.54, 1.807) is 37.4 Å². The number of nitrogens with zero attached hydrogens (tertiary/aromatic N) is 1. The number of rotatable bonds is 8. The number of hydrogen-bond donors (Lipinski definition) is 0. The molecule has 0 aliphatic rings. The van der Waals surface area contributed by atoms with E-state index in [0.29, 0.717) is 34.2 Å². The first-order valence-corrected chi connectivity index (χ1v) is 10.5. The van der Waals surface area contributed by atoms with E-state index >= 15 is 0 Å². The maximum atomic E-state index is 13.2. The number of aromatic nitrogens is 1. The average Bonchev–Trinajstić information content (AvgIpc) is 3.19. The molecule has 5 nitrogen and oxygen atoms in total. The number of carbonyl (C=O) groups excluding carboxylic acids is 1. The molecule has 0 fully saturated rings. The Labute approximate surface area is 191 Å². The van der Waals surface area contributed by atoms with Crippen LogP contribution in [0, 0.1) is 6.92 Å². The SMILES string of the molecule is COc1ccc(COCc2noc(C)c2-c2ccccc2C(=O)c2ccc(Cl)cc2)cc1. The zero-order valence-electron chi connectivity index (χ0n) is 17.8. The molecule has 0 amide bonds. The minimum absolute atomic E-state index is 0.0945. The Kier molecular flexibility index (Phi) is 6.69. The van der Waals surface area contributed by atoms with E-state index in [2.05, 4.69) is 5.16 Å². The van der Waals surface area contributed by atoms with Gasteiger partial charge in [0, 0.05) is 16.1 Å². The third kappa shape index (κ3) is 4.74. The largest absolute Gasteiger partial charge is 0.497 e. The zero-order valence-corrected chi connectivity index (χ0v) is 18.6. The lowest BCUT2D eigenvalue weighted by atomic mass is 9.93. The molecule has 0 N–H and O–H groups in total. The smallest absolute Gasteiger partial charge is 0.193 e. The number of benzene rings is 3. The maximum Gasteiger partial charge on any atom is 0.193 e. The van der Waals surface area contributed by atoms with Crippen LogP contribution in [0.5, 0.6) is 5.75 Å². The van der Waals surface area contributed by atoms with E-state index in [-0.39, 0.29) is 12.4 Å². The molecule has 1 heterocycles. The lowest BCUT2D eigenvalue weighted by Crippen LogP contribution is -2.05. The number of ether oxygens (including phenoxy) is 2. The van der Waals surface area contributed by atoms with Crippen LogP contribution in [-0.4, -0.2) is 18.0 Å². The standard InChI is InChI=1S/C26H22ClNO4/c1-17-25(24(28-32-17)16-31-15-18-7-13-21(30-2)14-8-18)22-5-3-4-6-23(22)26(29)19-9-11-20(27)12-10-19/h3-14H,15-16H2,1-2H3. The minimum atomic E-state index is -0.0945. The molecule has 0 bridgehead atoms. The van der Waals surface area contributed by atoms with Gasteiger partial charge >= 0.3 is 0 Å². The first-order valence-electron chi connectivity index (χ1n) is 10.1. The van der Waals surface area contributed by atoms with Gasteiger partial charge < -0.3 is 14.0 Å². The van der Waals surface area contributed by atoms with Crippen LogP contribution >= 0.6 is 11.6 Å². The fraction of sp³-hybridized carbons (Fsp3) is 0.154. The van der Waals surface area contributed by atoms with Crippen molar-refractivity contribution in [2.75, 3.05) is 7.11 Å². The summed E-state index contributed by atoms with van der Waals surface area (Å²) in [5.74, 6) is 1.33. The first kappa shape index (κ1) is 21.8. The topological polar surface area (TPSA) is 61.6 Å². The third-order valence-corrected chi connectivity index (χ3v) is 5.40. The number of hydrogen-bond acceptors (Lipinski definition) is 5. The summed E-state index contributed by atoms with van der Waals surface area (Å²) in [5.41, 5.74) is 4.33. The lowest BCUT2D eigenvalue weighted by Gasteiger charge is -2.10. The lowest BCUT2D eigenvalue weighted by molar-refractivity contribution is 0.102. The molecule has 162 valence electrons. The van der Waals surface area contributed by atoms with Gasteiger partial charge in [0.2, 0.25) is 0 Å². The van der Waals surface area contributed by atoms with E-state index in [1.165, 1.54) is 0 Å². The Bertz CT molecular complexity index is 1210. The molecule has 0 aliphatic carbocycles. The fourth-order valence-electron chi connectivity index (χ4n) is 3.50. The van der Waals surface area contributed by atoms with E-state index in [1.807, 2.05) is 49.4 Å². The second kappa shape index (κ2) is 9.81. The summed E-state index contributed by atoms with van der Waals surface area (Å²) in [6.45, 7) is 2.50. The summed E-state index contributed by atoms with van der Waals surface area (Å²) in [6.07, 6.45) is 0. The number of carbonyl (C=O) groups is 1. The molecule has 0 unspecified atom stereocenters. The second-order valence-electron chi connectivity index (χ2n) is 7.28. The highest BCUT2D eigenvalue weighted by Gasteiger charge is 2.21. The molecule has 3 aromatic carbocycles. The summed E-state index contributed by atoms with van der Waals surface area (Å²) in [7, 11) is 1.63. The molecule has 32 heavy (non-hydrogen) atoms. The molecule has 0 aliphatic heterocycles. The zero-order chi connectivity index (χ0) is 22.5. The average molecular weight is 448 g/mol. The molecule has 0 spiro atoms. The Balaban J connectivity index is 1.57. The van der Waals surface area contributed by atoms with E-state index in [4.69, 9.17) is 25.6 Å². The Morgan fingerprint density at radius 2 is 1.69 bits per heavy atom. The summed E-state index contributed by atoms with van der Waals surface area (Å²) in [5, 5.41) is 4.77. The fourth-order valence-corrected chi connectivity index (χ4v) is 3.63. The van der Waals surface area contributed by atoms with Crippen LogP contribution in [0.1, 0.15) is 32.9 Å². The summed E-state index contributed by atoms with van der Waals surface area (Å²) in [6, 6.07) is 22.0. The van der Waals surface area contributed by atoms with Crippen molar-refractivity contribution >= 4 is 17.4 Å². The second-order valence-corrected chi connectivity index (χ2v) is 7.72. The van der Waals surface area contributed by atoms with Crippen molar-refractivity contribution in [2.24, 2.45) is 0 Å². The summed E-state index contributed by atoms with van der Waals surface area (Å²) >= 11 is 5.97. The van der Waals surface area contributed by atoms with Crippen molar-refractivity contribution in [1.82, 2.24) is 5.16 Å². The van der Waals surface area contributed by atoms with Gasteiger partial charge in [0.25, 0.3) is 0 Å². The van der Waals surface area contributed by atoms with Crippen molar-refractivity contribution in [1.29, 1.82) is 0 Å². The number of methoxy groups -OCH3 is 1. The van der Waals surface area contributed by atoms with Crippen LogP contribution < -0.4 is 4.74 Å². The molecule has 4 rings (SSSR count). The molecule has 6 heteroatoms. The first-order chi connectivity index (χ1) is 15.6. The van der Waals surface area contributed by atoms with E-state index in [0.717, 1.165) is 22.4 Å². The van der Waals surface area contributed by atoms with E-state index < -0.39 is 0 Å². The Hall–Kier alpha value is -3.41. The van der Waals surface area contributed by atoms with Gasteiger partial charge in [0.15, 0.2) is 5.78 Å². The van der Waals surface area contributed by atoms with Crippen LogP contribution in [-0.2, 0) is 18.0 Å². The Morgan fingerprint density at radius 3 is 2.41 bits per heavy atom. The van der Waals surface area contributed by atoms with E-state index in [9.17, 15) is 4.79 Å². The van der Waals surface area contributed by atoms with Crippen molar-refractivity contribution in [3.8, 4) is 16.9 Å². The van der Waals surface area contributed by atoms with Crippen LogP contribution in [0.4, 0.5) is 0 Å². The molecule has 0 saturated carbocycles. The molecule has 0 radical (unpaired) electrons. The van der Waals surface area contributed by atoms with Crippen molar-refractivity contribution in [3.05, 3.63) is 106 Å². The number of halogens is 1. The van der Waals surface area contributed by atoms with Gasteiger partial charge in [-0.05, 0) is 54.4 Å². The molecule has 0 atom stereocenters. The monoisotopic (exact) mass is 447 g/mol. The molecule has 1 aromatic heterocycles. The van der Waals surface area contributed by atoms with Gasteiger partial charge in [-0.2, -0.15) is 0 Å². The minimum Gasteiger partial charge on any atom is -0.497 e. The third-order valence-electron chi connectivity index (χ3n) is 5.15. The van der Waals surface area contributed by atoms with Gasteiger partial charge in [-0.25, -0.2) is 0 Å². The van der Waals surface area contributed by atoms with Crippen LogP contribution in [0.3, 0.4) is 0 Å². The highest BCUT2D eigenvalue weighted by Crippen LogP contribution is 2.32. The highest BCUT2D eigenvalue weighted by atomic mass is 35.5. The van der Waals surface area contributed by atoms with Crippen molar-refractivity contribution in [2.45, 2.75) is 20.1 Å². The highest BCUT2D eigenvalue weighted by molar-refractivity contribution is 6.30. The summed E-state index contributed by atoms with van der Waals surface area (Å²) < 4.78 is 16.5. The van der Waals surface area contributed by atoms with Gasteiger partial charge in [-0.15, -0.1) is 0 Å². The normalized spacial score (nSPS) is 10.8. The van der Waals surface area contributed by atoms with Crippen LogP contribution in [0.2, 0.25) is 5.02 Å². The number of ketones is 1. The van der Waals surface area contributed by atoms with Gasteiger partial charge in [-0.1, -0.05) is 53.2 Å².